The van der Waals surface area contributed by atoms with Crippen LogP contribution in [0.3, 0.4) is 0 Å². The lowest BCUT2D eigenvalue weighted by molar-refractivity contribution is -0.183. The molecule has 4 fully saturated rings. The molecule has 2 aliphatic carbocycles. The fourth-order valence-electron chi connectivity index (χ4n) is 6.39. The summed E-state index contributed by atoms with van der Waals surface area (Å²) in [5.74, 6) is 1.67. The Kier molecular flexibility index (Phi) is 4.87. The fraction of sp³-hybridized carbons (Fsp3) is 0.731. The lowest BCUT2D eigenvalue weighted by Gasteiger charge is -2.52. The average molecular weight is 439 g/mol. The van der Waals surface area contributed by atoms with Crippen LogP contribution in [0.5, 0.6) is 0 Å². The molecule has 1 aromatic rings. The highest BCUT2D eigenvalue weighted by atomic mass is 16.7. The topological polar surface area (TPSA) is 48.0 Å². The highest BCUT2D eigenvalue weighted by Crippen LogP contribution is 2.65. The van der Waals surface area contributed by atoms with Crippen LogP contribution in [0.2, 0.25) is 0 Å². The van der Waals surface area contributed by atoms with Gasteiger partial charge in [0.2, 0.25) is 0 Å². The summed E-state index contributed by atoms with van der Waals surface area (Å²) in [4.78, 5) is 15.6. The first kappa shape index (κ1) is 22.3. The third-order valence-electron chi connectivity index (χ3n) is 8.67. The molecule has 2 aliphatic heterocycles. The van der Waals surface area contributed by atoms with E-state index >= 15 is 0 Å². The summed E-state index contributed by atoms with van der Waals surface area (Å²) in [7, 11) is -0.324. The molecule has 2 heterocycles. The van der Waals surface area contributed by atoms with Crippen molar-refractivity contribution >= 4 is 24.2 Å². The van der Waals surface area contributed by atoms with E-state index in [9.17, 15) is 4.79 Å². The van der Waals surface area contributed by atoms with Crippen LogP contribution in [0.4, 0.5) is 5.69 Å². The maximum Gasteiger partial charge on any atom is 0.494 e. The number of carbonyl (C=O) groups excluding carboxylic acids is 1. The van der Waals surface area contributed by atoms with E-state index in [1.165, 1.54) is 5.69 Å². The van der Waals surface area contributed by atoms with E-state index in [1.54, 1.807) is 0 Å². The Bertz CT molecular complexity index is 885. The molecule has 2 bridgehead atoms. The molecule has 0 spiro atoms. The maximum absolute atomic E-state index is 13.0. The summed E-state index contributed by atoms with van der Waals surface area (Å²) < 4.78 is 18.3. The third-order valence-corrected chi connectivity index (χ3v) is 8.67. The average Bonchev–Trinajstić information content (AvgIpc) is 2.98. The highest BCUT2D eigenvalue weighted by Gasteiger charge is 2.65. The molecule has 2 saturated heterocycles. The fourth-order valence-corrected chi connectivity index (χ4v) is 6.39. The van der Waals surface area contributed by atoms with Crippen LogP contribution in [0.15, 0.2) is 24.3 Å². The summed E-state index contributed by atoms with van der Waals surface area (Å²) in [6, 6.07) is 8.71. The predicted octanol–water partition coefficient (Wildman–Crippen LogP) is 4.18. The number of esters is 1. The number of anilines is 1. The number of hydrogen-bond donors (Lipinski definition) is 0. The Balaban J connectivity index is 1.27. The van der Waals surface area contributed by atoms with Crippen LogP contribution in [0.1, 0.15) is 67.7 Å². The number of fused-ring (bicyclic) bond motifs is 1. The number of ether oxygens (including phenoxy) is 1. The maximum atomic E-state index is 13.0. The molecule has 0 amide bonds. The van der Waals surface area contributed by atoms with E-state index in [2.05, 4.69) is 56.9 Å². The predicted molar refractivity (Wildman–Crippen MR) is 127 cm³/mol. The molecule has 4 unspecified atom stereocenters. The smallest absolute Gasteiger partial charge is 0.460 e. The van der Waals surface area contributed by atoms with E-state index in [1.807, 2.05) is 20.8 Å². The van der Waals surface area contributed by atoms with Gasteiger partial charge in [-0.1, -0.05) is 12.1 Å². The van der Waals surface area contributed by atoms with Gasteiger partial charge in [0.1, 0.15) is 5.60 Å². The second-order valence-corrected chi connectivity index (χ2v) is 12.6. The van der Waals surface area contributed by atoms with E-state index in [4.69, 9.17) is 14.0 Å². The van der Waals surface area contributed by atoms with Gasteiger partial charge >= 0.3 is 13.1 Å². The number of hydrogen-bond acceptors (Lipinski definition) is 5. The van der Waals surface area contributed by atoms with Crippen molar-refractivity contribution in [1.29, 1.82) is 0 Å². The lowest BCUT2D eigenvalue weighted by Crippen LogP contribution is -2.55. The number of carbonyl (C=O) groups is 1. The molecule has 174 valence electrons. The molecule has 0 aromatic heterocycles. The van der Waals surface area contributed by atoms with E-state index in [0.29, 0.717) is 17.8 Å². The van der Waals surface area contributed by atoms with Gasteiger partial charge in [-0.15, -0.1) is 0 Å². The van der Waals surface area contributed by atoms with E-state index < -0.39 is 5.60 Å². The Hall–Kier alpha value is -1.53. The first-order valence-electron chi connectivity index (χ1n) is 12.2. The molecule has 4 aliphatic rings. The van der Waals surface area contributed by atoms with Crippen LogP contribution in [-0.2, 0) is 18.8 Å². The number of benzene rings is 1. The van der Waals surface area contributed by atoms with Crippen molar-refractivity contribution in [3.05, 3.63) is 24.3 Å². The molecule has 0 N–H and O–H groups in total. The van der Waals surface area contributed by atoms with Crippen molar-refractivity contribution < 1.29 is 18.8 Å². The summed E-state index contributed by atoms with van der Waals surface area (Å²) in [5, 5.41) is 0. The summed E-state index contributed by atoms with van der Waals surface area (Å²) in [5.41, 5.74) is 1.05. The summed E-state index contributed by atoms with van der Waals surface area (Å²) in [6.07, 6.45) is 3.11. The molecule has 6 heteroatoms. The van der Waals surface area contributed by atoms with Gasteiger partial charge in [0, 0.05) is 18.8 Å². The molecule has 32 heavy (non-hydrogen) atoms. The first-order valence-corrected chi connectivity index (χ1v) is 12.2. The standard InChI is InChI=1S/C26H38BNO4/c1-23(2,3)30-22(29)26-13-17-12-21(26)18(14-26)16-28(15-17)20-10-8-19(9-11-20)27-31-24(4,5)25(6,7)32-27/h8-11,17-18,21H,12-16H2,1-7H3. The van der Waals surface area contributed by atoms with Crippen LogP contribution < -0.4 is 10.4 Å². The SMILES string of the molecule is CC(C)(C)OC(=O)C12CC3CC1C(CN(c1ccc(B4OC(C)(C)C(C)(C)O4)cc1)C3)C2. The number of nitrogens with zero attached hydrogens (tertiary/aromatic N) is 1. The number of rotatable bonds is 3. The lowest BCUT2D eigenvalue weighted by atomic mass is 9.55. The quantitative estimate of drug-likeness (QED) is 0.523. The van der Waals surface area contributed by atoms with Crippen LogP contribution in [0, 0.1) is 23.2 Å². The van der Waals surface area contributed by atoms with Gasteiger partial charge < -0.3 is 18.9 Å². The third kappa shape index (κ3) is 3.49. The Morgan fingerprint density at radius 3 is 2.25 bits per heavy atom. The van der Waals surface area contributed by atoms with Crippen molar-refractivity contribution in [1.82, 2.24) is 0 Å². The van der Waals surface area contributed by atoms with Crippen molar-refractivity contribution in [2.45, 2.75) is 84.5 Å². The largest absolute Gasteiger partial charge is 0.494 e. The van der Waals surface area contributed by atoms with Crippen molar-refractivity contribution in [3.63, 3.8) is 0 Å². The zero-order valence-corrected chi connectivity index (χ0v) is 20.7. The Morgan fingerprint density at radius 1 is 1.03 bits per heavy atom. The van der Waals surface area contributed by atoms with Crippen LogP contribution >= 0.6 is 0 Å². The summed E-state index contributed by atoms with van der Waals surface area (Å²) >= 11 is 0. The molecule has 5 nitrogen and oxygen atoms in total. The molecule has 0 radical (unpaired) electrons. The minimum Gasteiger partial charge on any atom is -0.460 e. The van der Waals surface area contributed by atoms with Gasteiger partial charge in [-0.2, -0.15) is 0 Å². The van der Waals surface area contributed by atoms with Crippen molar-refractivity contribution in [3.8, 4) is 0 Å². The van der Waals surface area contributed by atoms with Crippen molar-refractivity contribution in [2.75, 3.05) is 18.0 Å². The minimum absolute atomic E-state index is 0.0500. The highest BCUT2D eigenvalue weighted by molar-refractivity contribution is 6.62. The van der Waals surface area contributed by atoms with Crippen LogP contribution in [-0.4, -0.2) is 43.0 Å². The Morgan fingerprint density at radius 2 is 1.66 bits per heavy atom. The van der Waals surface area contributed by atoms with Gasteiger partial charge in [-0.05, 0) is 103 Å². The van der Waals surface area contributed by atoms with Crippen LogP contribution in [0.25, 0.3) is 0 Å². The molecule has 5 rings (SSSR count). The van der Waals surface area contributed by atoms with Gasteiger partial charge in [0.15, 0.2) is 0 Å². The van der Waals surface area contributed by atoms with Crippen molar-refractivity contribution in [2.24, 2.45) is 23.2 Å². The molecule has 1 aromatic carbocycles. The summed E-state index contributed by atoms with van der Waals surface area (Å²) in [6.45, 7) is 16.3. The molecule has 2 saturated carbocycles. The first-order chi connectivity index (χ1) is 14.8. The normalized spacial score (nSPS) is 34.8. The van der Waals surface area contributed by atoms with Gasteiger partial charge in [0.25, 0.3) is 0 Å². The van der Waals surface area contributed by atoms with Gasteiger partial charge in [0.05, 0.1) is 16.6 Å². The Labute approximate surface area is 193 Å². The molecular formula is C26H38BNO4. The second-order valence-electron chi connectivity index (χ2n) is 12.6. The molecular weight excluding hydrogens is 401 g/mol. The molecule has 4 atom stereocenters. The van der Waals surface area contributed by atoms with Gasteiger partial charge in [-0.3, -0.25) is 4.79 Å². The zero-order chi connectivity index (χ0) is 23.1. The zero-order valence-electron chi connectivity index (χ0n) is 20.7. The monoisotopic (exact) mass is 439 g/mol. The second kappa shape index (κ2) is 6.99. The van der Waals surface area contributed by atoms with E-state index in [-0.39, 0.29) is 29.7 Å². The van der Waals surface area contributed by atoms with Gasteiger partial charge in [-0.25, -0.2) is 0 Å². The van der Waals surface area contributed by atoms with E-state index in [0.717, 1.165) is 37.8 Å². The minimum atomic E-state index is -0.408.